The zero-order chi connectivity index (χ0) is 17.7. The molecule has 0 spiro atoms. The highest BCUT2D eigenvalue weighted by Gasteiger charge is 2.41. The first-order chi connectivity index (χ1) is 12.0. The van der Waals surface area contributed by atoms with Crippen LogP contribution in [0.4, 0.5) is 11.5 Å². The first-order valence-corrected chi connectivity index (χ1v) is 8.76. The molecular formula is C19H23N3O3. The van der Waals surface area contributed by atoms with Crippen LogP contribution in [-0.4, -0.2) is 32.5 Å². The van der Waals surface area contributed by atoms with Crippen molar-refractivity contribution < 1.29 is 10.2 Å². The fraction of sp³-hybridized carbons (Fsp3) is 0.474. The van der Waals surface area contributed by atoms with E-state index in [9.17, 15) is 15.0 Å². The summed E-state index contributed by atoms with van der Waals surface area (Å²) in [5.74, 6) is 0.332. The molecule has 132 valence electrons. The van der Waals surface area contributed by atoms with Gasteiger partial charge in [0, 0.05) is 48.4 Å². The number of aliphatic hydroxyl groups is 2. The van der Waals surface area contributed by atoms with Gasteiger partial charge in [-0.05, 0) is 24.5 Å². The van der Waals surface area contributed by atoms with Gasteiger partial charge >= 0.3 is 5.69 Å². The maximum atomic E-state index is 12.6. The second-order valence-electron chi connectivity index (χ2n) is 7.31. The summed E-state index contributed by atoms with van der Waals surface area (Å²) in [5.41, 5.74) is 4.02. The van der Waals surface area contributed by atoms with Crippen molar-refractivity contribution in [2.24, 2.45) is 11.8 Å². The topological polar surface area (TPSA) is 87.4 Å². The minimum Gasteiger partial charge on any atom is -0.396 e. The number of hydrogen-bond donors (Lipinski definition) is 3. The molecule has 2 aromatic rings. The Morgan fingerprint density at radius 3 is 2.88 bits per heavy atom. The number of aryl methyl sites for hydroxylation is 1. The maximum Gasteiger partial charge on any atom is 0.349 e. The quantitative estimate of drug-likeness (QED) is 0.661. The minimum atomic E-state index is -0.598. The van der Waals surface area contributed by atoms with Crippen LogP contribution < -0.4 is 11.0 Å². The SMILES string of the molecule is Cc1cccc2c1Nc1nc(=O)n(C3CC(CO)C(O)C3C)cc1C2. The van der Waals surface area contributed by atoms with Crippen molar-refractivity contribution in [3.63, 3.8) is 0 Å². The number of fused-ring (bicyclic) bond motifs is 2. The van der Waals surface area contributed by atoms with Crippen LogP contribution in [0.15, 0.2) is 29.2 Å². The van der Waals surface area contributed by atoms with E-state index in [1.54, 1.807) is 4.57 Å². The van der Waals surface area contributed by atoms with Gasteiger partial charge in [-0.1, -0.05) is 25.1 Å². The van der Waals surface area contributed by atoms with Gasteiger partial charge in [0.15, 0.2) is 0 Å². The zero-order valence-corrected chi connectivity index (χ0v) is 14.4. The highest BCUT2D eigenvalue weighted by molar-refractivity contribution is 5.71. The van der Waals surface area contributed by atoms with Gasteiger partial charge < -0.3 is 15.5 Å². The van der Waals surface area contributed by atoms with E-state index in [2.05, 4.69) is 16.4 Å². The van der Waals surface area contributed by atoms with Gasteiger partial charge in [-0.15, -0.1) is 0 Å². The lowest BCUT2D eigenvalue weighted by atomic mass is 9.97. The van der Waals surface area contributed by atoms with Crippen molar-refractivity contribution in [2.75, 3.05) is 11.9 Å². The summed E-state index contributed by atoms with van der Waals surface area (Å²) in [6, 6.07) is 6.01. The average molecular weight is 341 g/mol. The van der Waals surface area contributed by atoms with E-state index in [1.165, 1.54) is 5.56 Å². The molecule has 1 aromatic carbocycles. The van der Waals surface area contributed by atoms with Gasteiger partial charge in [-0.25, -0.2) is 4.79 Å². The first-order valence-electron chi connectivity index (χ1n) is 8.76. The molecule has 1 aliphatic carbocycles. The third-order valence-corrected chi connectivity index (χ3v) is 5.78. The smallest absolute Gasteiger partial charge is 0.349 e. The van der Waals surface area contributed by atoms with E-state index in [-0.39, 0.29) is 30.2 Å². The van der Waals surface area contributed by atoms with Crippen LogP contribution >= 0.6 is 0 Å². The number of nitrogens with zero attached hydrogens (tertiary/aromatic N) is 2. The van der Waals surface area contributed by atoms with Crippen molar-refractivity contribution in [1.82, 2.24) is 9.55 Å². The normalized spacial score (nSPS) is 27.5. The van der Waals surface area contributed by atoms with Gasteiger partial charge in [0.25, 0.3) is 0 Å². The molecule has 0 amide bonds. The molecule has 3 N–H and O–H groups in total. The fourth-order valence-corrected chi connectivity index (χ4v) is 4.23. The standard InChI is InChI=1S/C19H23N3O3/c1-10-4-3-5-12-6-13-8-22(19(25)21-18(13)20-16(10)12)15-7-14(9-23)17(24)11(15)2/h3-5,8,11,14-15,17,23-24H,6-7,9H2,1-2H3,(H,20,21,25). The Bertz CT molecular complexity index is 877. The van der Waals surface area contributed by atoms with Crippen molar-refractivity contribution >= 4 is 11.5 Å². The average Bonchev–Trinajstić information content (AvgIpc) is 2.88. The number of nitrogens with one attached hydrogen (secondary N) is 1. The molecule has 1 saturated carbocycles. The molecule has 1 aliphatic heterocycles. The molecular weight excluding hydrogens is 318 g/mol. The number of aliphatic hydroxyl groups excluding tert-OH is 2. The largest absolute Gasteiger partial charge is 0.396 e. The predicted molar refractivity (Wildman–Crippen MR) is 95.2 cm³/mol. The molecule has 1 aromatic heterocycles. The Balaban J connectivity index is 1.72. The van der Waals surface area contributed by atoms with E-state index >= 15 is 0 Å². The van der Waals surface area contributed by atoms with E-state index in [0.29, 0.717) is 12.2 Å². The van der Waals surface area contributed by atoms with Crippen LogP contribution in [0, 0.1) is 18.8 Å². The lowest BCUT2D eigenvalue weighted by Crippen LogP contribution is -2.32. The van der Waals surface area contributed by atoms with Gasteiger partial charge in [0.1, 0.15) is 5.82 Å². The Labute approximate surface area is 146 Å². The molecule has 4 unspecified atom stereocenters. The molecule has 0 saturated heterocycles. The van der Waals surface area contributed by atoms with Crippen LogP contribution in [0.1, 0.15) is 36.1 Å². The molecule has 4 atom stereocenters. The lowest BCUT2D eigenvalue weighted by Gasteiger charge is -2.25. The van der Waals surface area contributed by atoms with Crippen LogP contribution in [0.3, 0.4) is 0 Å². The summed E-state index contributed by atoms with van der Waals surface area (Å²) in [6.07, 6.45) is 2.58. The number of benzene rings is 1. The predicted octanol–water partition coefficient (Wildman–Crippen LogP) is 1.75. The van der Waals surface area contributed by atoms with E-state index in [4.69, 9.17) is 0 Å². The molecule has 1 fully saturated rings. The third-order valence-electron chi connectivity index (χ3n) is 5.78. The Kier molecular flexibility index (Phi) is 3.89. The number of aromatic nitrogens is 2. The van der Waals surface area contributed by atoms with Crippen LogP contribution in [-0.2, 0) is 6.42 Å². The highest BCUT2D eigenvalue weighted by atomic mass is 16.3. The molecule has 0 bridgehead atoms. The van der Waals surface area contributed by atoms with E-state index in [1.807, 2.05) is 32.2 Å². The van der Waals surface area contributed by atoms with E-state index < -0.39 is 6.10 Å². The summed E-state index contributed by atoms with van der Waals surface area (Å²) in [6.45, 7) is 3.89. The minimum absolute atomic E-state index is 0.0661. The summed E-state index contributed by atoms with van der Waals surface area (Å²) in [4.78, 5) is 16.9. The van der Waals surface area contributed by atoms with Crippen molar-refractivity contribution in [1.29, 1.82) is 0 Å². The number of para-hydroxylation sites is 1. The second-order valence-corrected chi connectivity index (χ2v) is 7.31. The fourth-order valence-electron chi connectivity index (χ4n) is 4.23. The molecule has 2 heterocycles. The maximum absolute atomic E-state index is 12.6. The Morgan fingerprint density at radius 1 is 1.36 bits per heavy atom. The van der Waals surface area contributed by atoms with Crippen LogP contribution in [0.5, 0.6) is 0 Å². The number of hydrogen-bond acceptors (Lipinski definition) is 5. The molecule has 0 radical (unpaired) electrons. The summed E-state index contributed by atoms with van der Waals surface area (Å²) >= 11 is 0. The first kappa shape index (κ1) is 16.3. The van der Waals surface area contributed by atoms with Gasteiger partial charge in [-0.3, -0.25) is 4.57 Å². The Hall–Kier alpha value is -2.18. The third kappa shape index (κ3) is 2.56. The number of rotatable bonds is 2. The Morgan fingerprint density at radius 2 is 2.16 bits per heavy atom. The molecule has 25 heavy (non-hydrogen) atoms. The van der Waals surface area contributed by atoms with Crippen LogP contribution in [0.25, 0.3) is 0 Å². The van der Waals surface area contributed by atoms with Gasteiger partial charge in [0.05, 0.1) is 6.10 Å². The second kappa shape index (κ2) is 5.97. The molecule has 4 rings (SSSR count). The van der Waals surface area contributed by atoms with Gasteiger partial charge in [-0.2, -0.15) is 4.98 Å². The van der Waals surface area contributed by atoms with Crippen molar-refractivity contribution in [3.8, 4) is 0 Å². The van der Waals surface area contributed by atoms with Crippen molar-refractivity contribution in [3.05, 3.63) is 51.6 Å². The van der Waals surface area contributed by atoms with E-state index in [0.717, 1.165) is 23.2 Å². The lowest BCUT2D eigenvalue weighted by molar-refractivity contribution is 0.0631. The van der Waals surface area contributed by atoms with Gasteiger partial charge in [0.2, 0.25) is 0 Å². The summed E-state index contributed by atoms with van der Waals surface area (Å²) < 4.78 is 1.64. The zero-order valence-electron chi connectivity index (χ0n) is 14.4. The summed E-state index contributed by atoms with van der Waals surface area (Å²) in [7, 11) is 0. The van der Waals surface area contributed by atoms with Crippen LogP contribution in [0.2, 0.25) is 0 Å². The molecule has 6 heteroatoms. The molecule has 6 nitrogen and oxygen atoms in total. The molecule has 2 aliphatic rings. The highest BCUT2D eigenvalue weighted by Crippen LogP contribution is 2.40. The summed E-state index contributed by atoms with van der Waals surface area (Å²) in [5, 5.41) is 23.0. The monoisotopic (exact) mass is 341 g/mol. The number of anilines is 2. The van der Waals surface area contributed by atoms with Crippen molar-refractivity contribution in [2.45, 2.75) is 38.8 Å².